The average molecular weight is 330 g/mol. The van der Waals surface area contributed by atoms with Crippen molar-refractivity contribution in [3.63, 3.8) is 0 Å². The number of nitrogens with zero attached hydrogens (tertiary/aromatic N) is 3. The summed E-state index contributed by atoms with van der Waals surface area (Å²) in [5.41, 5.74) is 3.07. The van der Waals surface area contributed by atoms with Gasteiger partial charge in [-0.15, -0.1) is 0 Å². The van der Waals surface area contributed by atoms with E-state index in [-0.39, 0.29) is 5.48 Å². The van der Waals surface area contributed by atoms with Crippen LogP contribution >= 0.6 is 0 Å². The van der Waals surface area contributed by atoms with E-state index in [9.17, 15) is 0 Å². The van der Waals surface area contributed by atoms with Crippen LogP contribution in [0.5, 0.6) is 0 Å². The van der Waals surface area contributed by atoms with Gasteiger partial charge in [-0.1, -0.05) is 59.3 Å². The Balaban J connectivity index is 0.00000182. The lowest BCUT2D eigenvalue weighted by molar-refractivity contribution is -0.656. The summed E-state index contributed by atoms with van der Waals surface area (Å²) >= 11 is 0. The topological polar surface area (TPSA) is 63.7 Å². The van der Waals surface area contributed by atoms with Crippen molar-refractivity contribution in [2.45, 2.75) is 0 Å². The number of hydrogen-bond donors (Lipinski definition) is 1. The van der Waals surface area contributed by atoms with Gasteiger partial charge < -0.3 is 10.8 Å². The van der Waals surface area contributed by atoms with Crippen LogP contribution in [0.2, 0.25) is 0 Å². The molecule has 0 amide bonds. The van der Waals surface area contributed by atoms with Gasteiger partial charge in [-0.25, -0.2) is 0 Å². The number of benzene rings is 3. The van der Waals surface area contributed by atoms with Gasteiger partial charge in [0.15, 0.2) is 5.69 Å². The average Bonchev–Trinajstić information content (AvgIpc) is 3.08. The first-order valence-corrected chi connectivity index (χ1v) is 7.84. The zero-order valence-electron chi connectivity index (χ0n) is 13.5. The maximum atomic E-state index is 4.72. The minimum atomic E-state index is 0. The van der Waals surface area contributed by atoms with E-state index in [0.29, 0.717) is 0 Å². The predicted octanol–water partition coefficient (Wildman–Crippen LogP) is 3.72. The molecule has 3 aromatic carbocycles. The molecule has 0 unspecified atom stereocenters. The molecule has 0 aliphatic carbocycles. The monoisotopic (exact) mass is 330 g/mol. The fourth-order valence-corrected chi connectivity index (χ4v) is 2.56. The Labute approximate surface area is 146 Å². The van der Waals surface area contributed by atoms with Crippen molar-refractivity contribution in [2.24, 2.45) is 0 Å². The smallest absolute Gasteiger partial charge is 0.341 e. The Morgan fingerprint density at radius 2 is 1.28 bits per heavy atom. The van der Waals surface area contributed by atoms with Crippen LogP contribution in [0, 0.1) is 0 Å². The molecule has 0 saturated carbocycles. The lowest BCUT2D eigenvalue weighted by atomic mass is 10.3. The highest BCUT2D eigenvalue weighted by molar-refractivity contribution is 5.54. The van der Waals surface area contributed by atoms with Crippen molar-refractivity contribution in [1.29, 1.82) is 0 Å². The first kappa shape index (κ1) is 16.4. The highest BCUT2D eigenvalue weighted by Crippen LogP contribution is 2.17. The lowest BCUT2D eigenvalue weighted by Gasteiger charge is -2.02. The van der Waals surface area contributed by atoms with E-state index in [1.165, 1.54) is 0 Å². The highest BCUT2D eigenvalue weighted by atomic mass is 16.0. The maximum Gasteiger partial charge on any atom is 0.341 e. The van der Waals surface area contributed by atoms with Crippen molar-refractivity contribution in [2.75, 3.05) is 5.32 Å². The molecule has 4 rings (SSSR count). The minimum absolute atomic E-state index is 0. The van der Waals surface area contributed by atoms with Gasteiger partial charge in [0.05, 0.1) is 0 Å². The summed E-state index contributed by atoms with van der Waals surface area (Å²) in [7, 11) is 0. The number of aromatic nitrogens is 3. The molecule has 1 aromatic heterocycles. The van der Waals surface area contributed by atoms with E-state index in [1.54, 1.807) is 0 Å². The van der Waals surface area contributed by atoms with Gasteiger partial charge in [-0.2, -0.15) is 4.57 Å². The molecule has 4 aromatic rings. The molecule has 0 atom stereocenters. The molecule has 0 saturated heterocycles. The van der Waals surface area contributed by atoms with Crippen LogP contribution in [0.1, 0.15) is 0 Å². The van der Waals surface area contributed by atoms with Crippen LogP contribution in [0.4, 0.5) is 11.6 Å². The summed E-state index contributed by atoms with van der Waals surface area (Å²) in [6, 6.07) is 30.3. The molecule has 5 nitrogen and oxygen atoms in total. The zero-order valence-corrected chi connectivity index (χ0v) is 13.5. The molecular formula is C20H18N4O. The number of hydrogen-bond acceptors (Lipinski definition) is 3. The van der Waals surface area contributed by atoms with Crippen LogP contribution < -0.4 is 10.00 Å². The summed E-state index contributed by atoms with van der Waals surface area (Å²) in [5, 5.41) is 8.11. The second kappa shape index (κ2) is 7.42. The first-order valence-electron chi connectivity index (χ1n) is 7.84. The van der Waals surface area contributed by atoms with E-state index in [1.807, 2.05) is 94.4 Å². The van der Waals surface area contributed by atoms with Crippen molar-refractivity contribution < 1.29 is 10.2 Å². The molecule has 2 N–H and O–H groups in total. The van der Waals surface area contributed by atoms with Gasteiger partial charge in [0.1, 0.15) is 5.69 Å². The van der Waals surface area contributed by atoms with Crippen LogP contribution in [0.3, 0.4) is 0 Å². The summed E-state index contributed by atoms with van der Waals surface area (Å²) in [6.07, 6.45) is 1.98. The van der Waals surface area contributed by atoms with Gasteiger partial charge in [0.25, 0.3) is 6.33 Å². The number of anilines is 2. The van der Waals surface area contributed by atoms with E-state index in [2.05, 4.69) is 17.4 Å². The SMILES string of the molecule is [OH-].c1ccc(Nc2n[n+](-c3ccccc3)cn2-c2ccccc2)cc1. The number of nitrogens with one attached hydrogen (secondary N) is 1. The quantitative estimate of drug-likeness (QED) is 0.580. The Hall–Kier alpha value is -3.44. The first-order chi connectivity index (χ1) is 11.9. The highest BCUT2D eigenvalue weighted by Gasteiger charge is 2.19. The van der Waals surface area contributed by atoms with Crippen molar-refractivity contribution in [3.8, 4) is 11.4 Å². The van der Waals surface area contributed by atoms with Crippen LogP contribution in [0.15, 0.2) is 97.3 Å². The van der Waals surface area contributed by atoms with Crippen molar-refractivity contribution in [3.05, 3.63) is 97.3 Å². The molecule has 124 valence electrons. The minimum Gasteiger partial charge on any atom is -0.870 e. The van der Waals surface area contributed by atoms with Crippen LogP contribution in [-0.4, -0.2) is 15.1 Å². The molecule has 5 heteroatoms. The fraction of sp³-hybridized carbons (Fsp3) is 0. The van der Waals surface area contributed by atoms with Gasteiger partial charge in [-0.3, -0.25) is 0 Å². The molecule has 1 heterocycles. The van der Waals surface area contributed by atoms with E-state index in [4.69, 9.17) is 5.10 Å². The lowest BCUT2D eigenvalue weighted by Crippen LogP contribution is -2.31. The summed E-state index contributed by atoms with van der Waals surface area (Å²) in [6.45, 7) is 0. The van der Waals surface area contributed by atoms with Crippen molar-refractivity contribution >= 4 is 11.6 Å². The van der Waals surface area contributed by atoms with E-state index in [0.717, 1.165) is 23.0 Å². The largest absolute Gasteiger partial charge is 0.870 e. The maximum absolute atomic E-state index is 4.72. The summed E-state index contributed by atoms with van der Waals surface area (Å²) in [5.74, 6) is 0.760. The summed E-state index contributed by atoms with van der Waals surface area (Å²) < 4.78 is 3.91. The third-order valence-corrected chi connectivity index (χ3v) is 3.74. The van der Waals surface area contributed by atoms with Gasteiger partial charge in [0, 0.05) is 5.69 Å². The van der Waals surface area contributed by atoms with E-state index < -0.39 is 0 Å². The number of rotatable bonds is 4. The Morgan fingerprint density at radius 3 is 1.92 bits per heavy atom. The normalized spacial score (nSPS) is 10.1. The molecule has 0 aliphatic rings. The fourth-order valence-electron chi connectivity index (χ4n) is 2.56. The second-order valence-corrected chi connectivity index (χ2v) is 5.42. The Bertz CT molecular complexity index is 922. The molecular weight excluding hydrogens is 312 g/mol. The van der Waals surface area contributed by atoms with Gasteiger partial charge in [0.2, 0.25) is 0 Å². The zero-order chi connectivity index (χ0) is 16.2. The van der Waals surface area contributed by atoms with Gasteiger partial charge in [-0.05, 0) is 41.5 Å². The number of para-hydroxylation sites is 3. The third kappa shape index (κ3) is 3.57. The Kier molecular flexibility index (Phi) is 4.87. The Morgan fingerprint density at radius 1 is 0.720 bits per heavy atom. The second-order valence-electron chi connectivity index (χ2n) is 5.42. The predicted molar refractivity (Wildman–Crippen MR) is 96.8 cm³/mol. The van der Waals surface area contributed by atoms with Crippen LogP contribution in [0.25, 0.3) is 11.4 Å². The molecule has 0 aliphatic heterocycles. The molecule has 0 radical (unpaired) electrons. The molecule has 0 spiro atoms. The summed E-state index contributed by atoms with van der Waals surface area (Å²) in [4.78, 5) is 0. The molecule has 25 heavy (non-hydrogen) atoms. The van der Waals surface area contributed by atoms with E-state index >= 15 is 0 Å². The van der Waals surface area contributed by atoms with Crippen LogP contribution in [-0.2, 0) is 0 Å². The molecule has 0 bridgehead atoms. The third-order valence-electron chi connectivity index (χ3n) is 3.74. The van der Waals surface area contributed by atoms with Gasteiger partial charge >= 0.3 is 5.95 Å². The molecule has 0 fully saturated rings. The standard InChI is InChI=1S/C20H17N4.H2O/c1-4-10-17(11-5-1)21-20-22-24(19-14-8-3-9-15-19)16-23(20)18-12-6-2-7-13-18;/h1-16H,(H,21,22);1H2/q+1;/p-1. The van der Waals surface area contributed by atoms with Crippen molar-refractivity contribution in [1.82, 2.24) is 9.67 Å².